The van der Waals surface area contributed by atoms with Crippen molar-refractivity contribution in [3.8, 4) is 0 Å². The molecule has 0 aliphatic rings. The van der Waals surface area contributed by atoms with Crippen LogP contribution in [-0.4, -0.2) is 207 Å². The molecule has 0 saturated carbocycles. The van der Waals surface area contributed by atoms with Gasteiger partial charge in [-0.05, 0) is 240 Å². The van der Waals surface area contributed by atoms with E-state index in [1.165, 1.54) is 0 Å². The number of nitrogens with zero attached hydrogens (tertiary/aromatic N) is 9. The maximum atomic E-state index is 10.5. The number of hydrogen-bond donors (Lipinski definition) is 9. The minimum atomic E-state index is -0.709. The molecule has 27 heteroatoms. The van der Waals surface area contributed by atoms with E-state index in [0.29, 0.717) is 0 Å². The third kappa shape index (κ3) is 84.6. The van der Waals surface area contributed by atoms with Crippen LogP contribution in [0.15, 0.2) is 44.9 Å². The molecule has 0 spiro atoms. The molecule has 0 aromatic carbocycles. The van der Waals surface area contributed by atoms with Gasteiger partial charge in [0.2, 0.25) is 0 Å². The molecular formula is C93H195Eu9N9O9. The summed E-state index contributed by atoms with van der Waals surface area (Å²) in [6.07, 6.45) is 21.7. The second-order valence-electron chi connectivity index (χ2n) is 33.2. The molecule has 0 heterocycles. The van der Waals surface area contributed by atoms with Gasteiger partial charge in [0.05, 0.1) is 16.8 Å². The van der Waals surface area contributed by atoms with Crippen molar-refractivity contribution in [2.45, 2.75) is 493 Å². The van der Waals surface area contributed by atoms with E-state index in [4.69, 9.17) is 0 Å². The van der Waals surface area contributed by atoms with Crippen molar-refractivity contribution in [2.75, 3.05) is 40.8 Å². The first-order valence-corrected chi connectivity index (χ1v) is 44.0. The first-order chi connectivity index (χ1) is 51.0. The normalized spacial score (nSPS) is 15.2. The zero-order chi connectivity index (χ0) is 89.6. The van der Waals surface area contributed by atoms with E-state index in [1.54, 1.807) is 28.1 Å². The van der Waals surface area contributed by atoms with E-state index in [2.05, 4.69) is 142 Å². The van der Waals surface area contributed by atoms with Crippen molar-refractivity contribution in [2.24, 2.45) is 62.7 Å². The van der Waals surface area contributed by atoms with Crippen LogP contribution in [0.1, 0.15) is 424 Å². The fourth-order valence-corrected chi connectivity index (χ4v) is 13.1. The molecule has 0 amide bonds. The molecule has 18 nitrogen and oxygen atoms in total. The van der Waals surface area contributed by atoms with Gasteiger partial charge in [0.1, 0.15) is 33.6 Å². The molecule has 0 rings (SSSR count). The van der Waals surface area contributed by atoms with E-state index < -0.39 is 50.4 Å². The van der Waals surface area contributed by atoms with E-state index in [1.807, 2.05) is 166 Å². The molecule has 120 heavy (non-hydrogen) atoms. The second-order valence-corrected chi connectivity index (χ2v) is 33.2. The van der Waals surface area contributed by atoms with E-state index in [-0.39, 0.29) is 480 Å². The summed E-state index contributed by atoms with van der Waals surface area (Å²) in [5.41, 5.74) is 1.67. The Hall–Kier alpha value is 10.9. The maximum absolute atomic E-state index is 10.5. The van der Waals surface area contributed by atoms with Crippen molar-refractivity contribution < 1.29 is 490 Å². The quantitative estimate of drug-likeness (QED) is 0.0262. The van der Waals surface area contributed by atoms with Crippen LogP contribution in [-0.2, 0) is 0 Å². The number of hydrogen-bond acceptors (Lipinski definition) is 18. The molecule has 0 aromatic rings. The Bertz CT molecular complexity index is 2570. The Morgan fingerprint density at radius 1 is 0.217 bits per heavy atom. The number of aliphatic hydroxyl groups is 9. The Balaban J connectivity index is -0.0000000605. The van der Waals surface area contributed by atoms with Gasteiger partial charge in [-0.1, -0.05) is 202 Å². The summed E-state index contributed by atoms with van der Waals surface area (Å²) in [5.74, 6) is 0.703. The van der Waals surface area contributed by atoms with Gasteiger partial charge in [-0.25, -0.2) is 0 Å². The van der Waals surface area contributed by atoms with Crippen LogP contribution in [0.4, 0.5) is 0 Å². The largest absolute Gasteiger partial charge is 0.384 e. The molecule has 9 radical (unpaired) electrons. The van der Waals surface area contributed by atoms with Crippen LogP contribution >= 0.6 is 0 Å². The minimum Gasteiger partial charge on any atom is -0.384 e. The van der Waals surface area contributed by atoms with Gasteiger partial charge in [0, 0.05) is 555 Å². The van der Waals surface area contributed by atoms with Crippen molar-refractivity contribution in [1.82, 2.24) is 0 Å². The standard InChI is InChI=1S/2C12H25NO.2C11H23NO.3C10H21NO.C9H19NO.C8H17NO.9Eu/c1-7-8-12(14,9(2)3)11(6)13-10(4)5;1-6-8-12(14,9-7-2)11(5)13-10(3)4;1-6-8-11(13,9(3)4)10(5)12-7-2;1-5-8-11(13,9-6-2)10(4)12-7-3;1-6-7-10(12,8(2)3)9(4)11-5;1-6-7-10(5,12)9(4)11-8(2)3;1-5-7-10(12,8-6-2)9(3)11-4;1-5-7-9(4,11)8(3)10-6-2;1-5-6-8(3,10)7(2)9-4;;;;;;;;;/h9-10,14H,7-8H2,1-6H3;10,14H,6-9H2,1-5H3;9,13H,6-8H2,1-5H3;13H,5-9H2,1-4H3;2*8,12H,6-7H2,1-5H3;12H,5-8H2,1-4H3;11H,5-7H2,1-4H3;10H,5-6H2,1-4H3;;;;;;;;;. The van der Waals surface area contributed by atoms with Crippen LogP contribution < -0.4 is 0 Å². The van der Waals surface area contributed by atoms with Gasteiger partial charge in [-0.3, -0.25) is 44.9 Å². The number of rotatable bonds is 42. The molecule has 0 saturated heterocycles. The summed E-state index contributed by atoms with van der Waals surface area (Å²) in [6.45, 7) is 80.4. The van der Waals surface area contributed by atoms with Gasteiger partial charge in [0.15, 0.2) is 0 Å². The van der Waals surface area contributed by atoms with Crippen LogP contribution in [0, 0.1) is 462 Å². The average molecular weight is 2950 g/mol. The zero-order valence-corrected chi connectivity index (χ0v) is 107. The van der Waals surface area contributed by atoms with Crippen LogP contribution in [0.25, 0.3) is 0 Å². The molecule has 729 valence electrons. The third-order valence-electron chi connectivity index (χ3n) is 20.7. The summed E-state index contributed by atoms with van der Waals surface area (Å²) in [7, 11) is 5.18. The summed E-state index contributed by atoms with van der Waals surface area (Å²) >= 11 is 0. The van der Waals surface area contributed by atoms with E-state index in [0.717, 1.165) is 225 Å². The van der Waals surface area contributed by atoms with Gasteiger partial charge < -0.3 is 46.0 Å². The van der Waals surface area contributed by atoms with Gasteiger partial charge in [-0.2, -0.15) is 0 Å². The summed E-state index contributed by atoms with van der Waals surface area (Å²) in [4.78, 5) is 38.1. The molecule has 6 atom stereocenters. The topological polar surface area (TPSA) is 293 Å². The van der Waals surface area contributed by atoms with Crippen LogP contribution in [0.5, 0.6) is 0 Å². The SMILES string of the molecule is CCCC(C)(O)C(C)=NC.CCCC(C)(O)C(C)=NC(C)C.CCCC(C)(O)C(C)=NCC.CCCC(O)(C(C)=NC(C)C)C(C)C.CCCC(O)(C(C)=NC)C(C)C.CCCC(O)(C(C)=NCC)C(C)C.CCCC(O)(CCC)C(C)=NC.CCCC(O)(CCC)C(C)=NC(C)C.CCCC(O)(CCC)C(C)=NCC.[Eu].[Eu].[Eu].[Eu].[Eu].[Eu].[Eu].[Eu].[Eu]. The predicted octanol–water partition coefficient (Wildman–Crippen LogP) is 22.4. The molecule has 0 aliphatic heterocycles. The second kappa shape index (κ2) is 101. The minimum absolute atomic E-state index is 0. The first-order valence-electron chi connectivity index (χ1n) is 44.0. The zero-order valence-electron chi connectivity index (χ0n) is 85.0. The third-order valence-corrected chi connectivity index (χ3v) is 20.7. The van der Waals surface area contributed by atoms with E-state index >= 15 is 0 Å². The molecular weight excluding hydrogens is 2750 g/mol. The summed E-state index contributed by atoms with van der Waals surface area (Å²) in [5, 5.41) is 91.2. The molecule has 0 aliphatic carbocycles. The maximum Gasteiger partial charge on any atom is 0.104 e. The Morgan fingerprint density at radius 2 is 0.400 bits per heavy atom. The van der Waals surface area contributed by atoms with Crippen molar-refractivity contribution in [1.29, 1.82) is 0 Å². The monoisotopic (exact) mass is 2960 g/mol. The Morgan fingerprint density at radius 3 is 0.625 bits per heavy atom. The van der Waals surface area contributed by atoms with E-state index in [9.17, 15) is 46.0 Å². The van der Waals surface area contributed by atoms with Crippen LogP contribution in [0.3, 0.4) is 0 Å². The molecule has 0 fully saturated rings. The fourth-order valence-electron chi connectivity index (χ4n) is 13.1. The number of aliphatic imine (C=N–C) groups is 9. The van der Waals surface area contributed by atoms with Crippen molar-refractivity contribution >= 4 is 51.4 Å². The summed E-state index contributed by atoms with van der Waals surface area (Å²) < 4.78 is 0. The molecule has 9 N–H and O–H groups in total. The van der Waals surface area contributed by atoms with Crippen molar-refractivity contribution in [3.63, 3.8) is 0 Å². The van der Waals surface area contributed by atoms with Gasteiger partial charge in [0.25, 0.3) is 0 Å². The Kier molecular flexibility index (Phi) is 146. The smallest absolute Gasteiger partial charge is 0.104 e. The van der Waals surface area contributed by atoms with Crippen LogP contribution in [0.2, 0.25) is 0 Å². The summed E-state index contributed by atoms with van der Waals surface area (Å²) in [6, 6.07) is 0.806. The van der Waals surface area contributed by atoms with Gasteiger partial charge >= 0.3 is 0 Å². The van der Waals surface area contributed by atoms with Crippen molar-refractivity contribution in [3.05, 3.63) is 0 Å². The molecule has 6 unspecified atom stereocenters. The van der Waals surface area contributed by atoms with Gasteiger partial charge in [-0.15, -0.1) is 0 Å². The molecule has 0 aromatic heterocycles. The predicted molar refractivity (Wildman–Crippen MR) is 498 cm³/mol. The fraction of sp³-hybridized carbons (Fsp3) is 0.903. The Labute approximate surface area is 1110 Å². The average Bonchev–Trinajstić information content (AvgIpc) is 0.837. The first kappa shape index (κ1) is 173. The molecule has 0 bridgehead atoms.